The molecule has 0 radical (unpaired) electrons. The Balaban J connectivity index is 2.07. The van der Waals surface area contributed by atoms with Gasteiger partial charge in [-0.05, 0) is 52.6 Å². The molecule has 0 nitrogen and oxygen atoms in total. The topological polar surface area (TPSA) is 0 Å². The van der Waals surface area contributed by atoms with Crippen LogP contribution in [0.15, 0.2) is 78.9 Å². The predicted molar refractivity (Wildman–Crippen MR) is 96.3 cm³/mol. The standard InChI is InChI=1S/C22H14F6/c23-21(24,25)18-10-6-16(7-11-18)20(14-15-4-2-1-3-5-15)17-8-12-19(13-9-17)22(26,27)28/h1-14H. The second-order valence-electron chi connectivity index (χ2n) is 6.12. The molecule has 0 amide bonds. The van der Waals surface area contributed by atoms with Crippen molar-refractivity contribution in [1.82, 2.24) is 0 Å². The number of hydrogen-bond donors (Lipinski definition) is 0. The lowest BCUT2D eigenvalue weighted by Gasteiger charge is -2.13. The van der Waals surface area contributed by atoms with Gasteiger partial charge in [0.25, 0.3) is 0 Å². The van der Waals surface area contributed by atoms with Crippen molar-refractivity contribution >= 4 is 11.6 Å². The molecule has 3 aromatic rings. The number of halogens is 6. The molecule has 3 aromatic carbocycles. The van der Waals surface area contributed by atoms with Crippen molar-refractivity contribution in [3.05, 3.63) is 107 Å². The van der Waals surface area contributed by atoms with Gasteiger partial charge < -0.3 is 0 Å². The molecule has 6 heteroatoms. The molecule has 144 valence electrons. The zero-order valence-electron chi connectivity index (χ0n) is 14.4. The number of alkyl halides is 6. The molecule has 0 aromatic heterocycles. The van der Waals surface area contributed by atoms with Gasteiger partial charge in [0.2, 0.25) is 0 Å². The SMILES string of the molecule is FC(F)(F)c1ccc(C(=Cc2ccccc2)c2ccc(C(F)(F)F)cc2)cc1. The van der Waals surface area contributed by atoms with E-state index in [1.807, 2.05) is 6.07 Å². The molecular formula is C22H14F6. The van der Waals surface area contributed by atoms with Crippen molar-refractivity contribution in [3.8, 4) is 0 Å². The van der Waals surface area contributed by atoms with Gasteiger partial charge in [0.1, 0.15) is 0 Å². The smallest absolute Gasteiger partial charge is 0.166 e. The molecular weight excluding hydrogens is 378 g/mol. The van der Waals surface area contributed by atoms with Crippen LogP contribution in [0, 0.1) is 0 Å². The summed E-state index contributed by atoms with van der Waals surface area (Å²) in [7, 11) is 0. The van der Waals surface area contributed by atoms with Crippen molar-refractivity contribution in [1.29, 1.82) is 0 Å². The van der Waals surface area contributed by atoms with Crippen LogP contribution in [0.4, 0.5) is 26.3 Å². The predicted octanol–water partition coefficient (Wildman–Crippen LogP) is 7.31. The van der Waals surface area contributed by atoms with E-state index < -0.39 is 23.5 Å². The molecule has 28 heavy (non-hydrogen) atoms. The molecule has 0 saturated heterocycles. The summed E-state index contributed by atoms with van der Waals surface area (Å²) in [5, 5.41) is 0. The zero-order chi connectivity index (χ0) is 20.4. The molecule has 0 fully saturated rings. The molecule has 0 heterocycles. The number of benzene rings is 3. The molecule has 3 rings (SSSR count). The Bertz CT molecular complexity index is 888. The van der Waals surface area contributed by atoms with Gasteiger partial charge in [0.05, 0.1) is 11.1 Å². The van der Waals surface area contributed by atoms with E-state index >= 15 is 0 Å². The summed E-state index contributed by atoms with van der Waals surface area (Å²) >= 11 is 0. The Labute approximate surface area is 157 Å². The first-order valence-electron chi connectivity index (χ1n) is 8.26. The maximum Gasteiger partial charge on any atom is 0.416 e. The van der Waals surface area contributed by atoms with Crippen molar-refractivity contribution in [2.24, 2.45) is 0 Å². The third kappa shape index (κ3) is 4.63. The lowest BCUT2D eigenvalue weighted by atomic mass is 9.94. The van der Waals surface area contributed by atoms with Gasteiger partial charge in [-0.2, -0.15) is 26.3 Å². The molecule has 0 saturated carbocycles. The highest BCUT2D eigenvalue weighted by atomic mass is 19.4. The summed E-state index contributed by atoms with van der Waals surface area (Å²) in [6.45, 7) is 0. The summed E-state index contributed by atoms with van der Waals surface area (Å²) in [6, 6.07) is 18.1. The highest BCUT2D eigenvalue weighted by molar-refractivity contribution is 5.91. The highest BCUT2D eigenvalue weighted by Crippen LogP contribution is 2.34. The van der Waals surface area contributed by atoms with Crippen LogP contribution < -0.4 is 0 Å². The zero-order valence-corrected chi connectivity index (χ0v) is 14.4. The third-order valence-electron chi connectivity index (χ3n) is 4.16. The Morgan fingerprint density at radius 1 is 0.536 bits per heavy atom. The fraction of sp³-hybridized carbons (Fsp3) is 0.0909. The summed E-state index contributed by atoms with van der Waals surface area (Å²) in [6.07, 6.45) is -7.20. The molecule has 0 N–H and O–H groups in total. The van der Waals surface area contributed by atoms with Gasteiger partial charge in [-0.1, -0.05) is 54.6 Å². The minimum absolute atomic E-state index is 0.469. The molecule has 0 aliphatic rings. The van der Waals surface area contributed by atoms with E-state index in [0.29, 0.717) is 16.7 Å². The average Bonchev–Trinajstić information content (AvgIpc) is 2.66. The van der Waals surface area contributed by atoms with Crippen LogP contribution in [0.1, 0.15) is 27.8 Å². The number of hydrogen-bond acceptors (Lipinski definition) is 0. The fourth-order valence-electron chi connectivity index (χ4n) is 2.73. The van der Waals surface area contributed by atoms with Crippen molar-refractivity contribution in [2.75, 3.05) is 0 Å². The van der Waals surface area contributed by atoms with Gasteiger partial charge in [-0.15, -0.1) is 0 Å². The van der Waals surface area contributed by atoms with E-state index in [9.17, 15) is 26.3 Å². The van der Waals surface area contributed by atoms with E-state index in [2.05, 4.69) is 0 Å². The maximum atomic E-state index is 12.8. The summed E-state index contributed by atoms with van der Waals surface area (Å²) < 4.78 is 77.0. The van der Waals surface area contributed by atoms with Gasteiger partial charge in [0, 0.05) is 0 Å². The summed E-state index contributed by atoms with van der Waals surface area (Å²) in [5.74, 6) is 0. The lowest BCUT2D eigenvalue weighted by Crippen LogP contribution is -2.05. The third-order valence-corrected chi connectivity index (χ3v) is 4.16. The Kier molecular flexibility index (Phi) is 5.31. The van der Waals surface area contributed by atoms with Crippen LogP contribution >= 0.6 is 0 Å². The quantitative estimate of drug-likeness (QED) is 0.324. The van der Waals surface area contributed by atoms with Crippen LogP contribution in [-0.2, 0) is 12.4 Å². The van der Waals surface area contributed by atoms with Gasteiger partial charge in [0.15, 0.2) is 0 Å². The van der Waals surface area contributed by atoms with Crippen LogP contribution in [0.2, 0.25) is 0 Å². The Morgan fingerprint density at radius 2 is 0.929 bits per heavy atom. The average molecular weight is 392 g/mol. The van der Waals surface area contributed by atoms with E-state index in [1.165, 1.54) is 24.3 Å². The molecule has 0 bridgehead atoms. The molecule has 0 aliphatic heterocycles. The first-order valence-corrected chi connectivity index (χ1v) is 8.26. The summed E-state index contributed by atoms with van der Waals surface area (Å²) in [4.78, 5) is 0. The van der Waals surface area contributed by atoms with Gasteiger partial charge >= 0.3 is 12.4 Å². The first kappa shape index (κ1) is 19.7. The molecule has 0 unspecified atom stereocenters. The van der Waals surface area contributed by atoms with Crippen molar-refractivity contribution < 1.29 is 26.3 Å². The van der Waals surface area contributed by atoms with E-state index in [4.69, 9.17) is 0 Å². The van der Waals surface area contributed by atoms with Gasteiger partial charge in [-0.3, -0.25) is 0 Å². The van der Waals surface area contributed by atoms with Crippen LogP contribution in [-0.4, -0.2) is 0 Å². The molecule has 0 atom stereocenters. The second kappa shape index (κ2) is 7.54. The normalized spacial score (nSPS) is 11.9. The fourth-order valence-corrected chi connectivity index (χ4v) is 2.73. The first-order chi connectivity index (χ1) is 13.1. The Morgan fingerprint density at radius 3 is 1.29 bits per heavy atom. The van der Waals surface area contributed by atoms with Crippen LogP contribution in [0.25, 0.3) is 11.6 Å². The maximum absolute atomic E-state index is 12.8. The Hall–Kier alpha value is -3.02. The molecule has 0 aliphatic carbocycles. The minimum Gasteiger partial charge on any atom is -0.166 e. The highest BCUT2D eigenvalue weighted by Gasteiger charge is 2.31. The largest absolute Gasteiger partial charge is 0.416 e. The minimum atomic E-state index is -4.46. The van der Waals surface area contributed by atoms with Crippen LogP contribution in [0.3, 0.4) is 0 Å². The van der Waals surface area contributed by atoms with Crippen LogP contribution in [0.5, 0.6) is 0 Å². The molecule has 0 spiro atoms. The second-order valence-corrected chi connectivity index (χ2v) is 6.12. The summed E-state index contributed by atoms with van der Waals surface area (Å²) in [5.41, 5.74) is 0.657. The van der Waals surface area contributed by atoms with E-state index in [-0.39, 0.29) is 0 Å². The van der Waals surface area contributed by atoms with Crippen molar-refractivity contribution in [2.45, 2.75) is 12.4 Å². The lowest BCUT2D eigenvalue weighted by molar-refractivity contribution is -0.138. The van der Waals surface area contributed by atoms with Gasteiger partial charge in [-0.25, -0.2) is 0 Å². The monoisotopic (exact) mass is 392 g/mol. The number of rotatable bonds is 3. The van der Waals surface area contributed by atoms with E-state index in [0.717, 1.165) is 29.8 Å². The van der Waals surface area contributed by atoms with E-state index in [1.54, 1.807) is 30.3 Å². The van der Waals surface area contributed by atoms with Crippen molar-refractivity contribution in [3.63, 3.8) is 0 Å².